The van der Waals surface area contributed by atoms with Gasteiger partial charge < -0.3 is 15.7 Å². The van der Waals surface area contributed by atoms with Crippen molar-refractivity contribution in [3.63, 3.8) is 0 Å². The van der Waals surface area contributed by atoms with Crippen molar-refractivity contribution in [2.75, 3.05) is 18.5 Å². The van der Waals surface area contributed by atoms with Gasteiger partial charge in [-0.05, 0) is 55.3 Å². The molecular weight excluding hydrogens is 311 g/mol. The highest BCUT2D eigenvalue weighted by Crippen LogP contribution is 2.15. The largest absolute Gasteiger partial charge is 0.396 e. The lowest BCUT2D eigenvalue weighted by molar-refractivity contribution is 0.0950. The molecule has 0 saturated heterocycles. The highest BCUT2D eigenvalue weighted by Gasteiger charge is 2.11. The second kappa shape index (κ2) is 8.21. The van der Waals surface area contributed by atoms with Crippen LogP contribution in [-0.2, 0) is 0 Å². The molecule has 6 heteroatoms. The van der Waals surface area contributed by atoms with Gasteiger partial charge in [-0.15, -0.1) is 0 Å². The minimum atomic E-state index is -0.472. The fraction of sp³-hybridized carbons (Fsp3) is 0.222. The quantitative estimate of drug-likeness (QED) is 0.712. The lowest BCUT2D eigenvalue weighted by Gasteiger charge is -2.09. The Morgan fingerprint density at radius 2 is 1.79 bits per heavy atom. The smallest absolute Gasteiger partial charge is 0.256 e. The summed E-state index contributed by atoms with van der Waals surface area (Å²) in [5, 5.41) is 14.0. The number of benzene rings is 2. The van der Waals surface area contributed by atoms with E-state index < -0.39 is 11.7 Å². The minimum Gasteiger partial charge on any atom is -0.396 e. The van der Waals surface area contributed by atoms with Gasteiger partial charge in [0.15, 0.2) is 0 Å². The maximum absolute atomic E-state index is 13.3. The summed E-state index contributed by atoms with van der Waals surface area (Å²) in [7, 11) is 0. The van der Waals surface area contributed by atoms with Crippen LogP contribution in [0.25, 0.3) is 0 Å². The van der Waals surface area contributed by atoms with Crippen LogP contribution >= 0.6 is 0 Å². The lowest BCUT2D eigenvalue weighted by atomic mass is 10.1. The van der Waals surface area contributed by atoms with Crippen LogP contribution in [0.4, 0.5) is 10.1 Å². The van der Waals surface area contributed by atoms with Crippen LogP contribution in [0, 0.1) is 12.7 Å². The van der Waals surface area contributed by atoms with Gasteiger partial charge in [-0.3, -0.25) is 9.59 Å². The van der Waals surface area contributed by atoms with Crippen molar-refractivity contribution in [1.29, 1.82) is 0 Å². The number of carbonyl (C=O) groups excluding carboxylic acids is 2. The van der Waals surface area contributed by atoms with Crippen molar-refractivity contribution >= 4 is 17.5 Å². The molecule has 0 aliphatic carbocycles. The molecule has 2 aromatic carbocycles. The average Bonchev–Trinajstić information content (AvgIpc) is 2.57. The number of hydrogen-bond acceptors (Lipinski definition) is 3. The van der Waals surface area contributed by atoms with Crippen molar-refractivity contribution in [2.45, 2.75) is 13.3 Å². The SMILES string of the molecule is Cc1ccc(F)cc1C(=O)Nc1ccc(C(=O)NCCCO)cc1. The van der Waals surface area contributed by atoms with Crippen molar-refractivity contribution in [3.8, 4) is 0 Å². The third-order valence-electron chi connectivity index (χ3n) is 3.47. The highest BCUT2D eigenvalue weighted by molar-refractivity contribution is 6.05. The summed E-state index contributed by atoms with van der Waals surface area (Å²) in [5.74, 6) is -1.13. The second-order valence-corrected chi connectivity index (χ2v) is 5.32. The molecule has 3 N–H and O–H groups in total. The van der Waals surface area contributed by atoms with Crippen LogP contribution < -0.4 is 10.6 Å². The zero-order valence-corrected chi connectivity index (χ0v) is 13.3. The summed E-state index contributed by atoms with van der Waals surface area (Å²) in [5.41, 5.74) is 1.90. The predicted octanol–water partition coefficient (Wildman–Crippen LogP) is 2.50. The van der Waals surface area contributed by atoms with Gasteiger partial charge in [-0.25, -0.2) is 4.39 Å². The van der Waals surface area contributed by atoms with Crippen LogP contribution in [0.5, 0.6) is 0 Å². The topological polar surface area (TPSA) is 78.4 Å². The van der Waals surface area contributed by atoms with Crippen LogP contribution in [0.2, 0.25) is 0 Å². The van der Waals surface area contributed by atoms with Crippen LogP contribution in [0.1, 0.15) is 32.7 Å². The molecule has 2 rings (SSSR count). The number of carbonyl (C=O) groups is 2. The number of hydrogen-bond donors (Lipinski definition) is 3. The molecule has 0 aliphatic heterocycles. The Kier molecular flexibility index (Phi) is 6.03. The molecule has 2 amide bonds. The van der Waals surface area contributed by atoms with E-state index in [-0.39, 0.29) is 18.1 Å². The monoisotopic (exact) mass is 330 g/mol. The molecule has 0 aliphatic rings. The van der Waals surface area contributed by atoms with E-state index in [2.05, 4.69) is 10.6 Å². The van der Waals surface area contributed by atoms with Crippen LogP contribution in [0.3, 0.4) is 0 Å². The lowest BCUT2D eigenvalue weighted by Crippen LogP contribution is -2.25. The molecule has 0 bridgehead atoms. The molecule has 0 saturated carbocycles. The van der Waals surface area contributed by atoms with E-state index in [4.69, 9.17) is 5.11 Å². The number of nitrogens with one attached hydrogen (secondary N) is 2. The summed E-state index contributed by atoms with van der Waals surface area (Å²) < 4.78 is 13.3. The number of amides is 2. The number of rotatable bonds is 6. The number of aryl methyl sites for hydroxylation is 1. The molecule has 126 valence electrons. The van der Waals surface area contributed by atoms with Crippen LogP contribution in [-0.4, -0.2) is 30.1 Å². The van der Waals surface area contributed by atoms with Crippen molar-refractivity contribution in [1.82, 2.24) is 5.32 Å². The first-order valence-corrected chi connectivity index (χ1v) is 7.58. The van der Waals surface area contributed by atoms with Gasteiger partial charge in [-0.1, -0.05) is 6.07 Å². The molecule has 5 nitrogen and oxygen atoms in total. The Morgan fingerprint density at radius 1 is 1.08 bits per heavy atom. The number of aliphatic hydroxyl groups excluding tert-OH is 1. The van der Waals surface area contributed by atoms with E-state index in [1.165, 1.54) is 12.1 Å². The Labute approximate surface area is 139 Å². The maximum atomic E-state index is 13.3. The third kappa shape index (κ3) is 4.63. The van der Waals surface area contributed by atoms with Gasteiger partial charge in [0.1, 0.15) is 5.82 Å². The Hall–Kier alpha value is -2.73. The number of halogens is 1. The minimum absolute atomic E-state index is 0.0186. The maximum Gasteiger partial charge on any atom is 0.256 e. The molecule has 0 atom stereocenters. The molecule has 0 radical (unpaired) electrons. The zero-order chi connectivity index (χ0) is 17.5. The molecule has 0 fully saturated rings. The molecule has 0 aromatic heterocycles. The number of anilines is 1. The van der Waals surface area contributed by atoms with E-state index >= 15 is 0 Å². The van der Waals surface area contributed by atoms with E-state index in [1.54, 1.807) is 37.3 Å². The first-order chi connectivity index (χ1) is 11.5. The Morgan fingerprint density at radius 3 is 2.46 bits per heavy atom. The Bertz CT molecular complexity index is 730. The molecular formula is C18H19FN2O3. The molecule has 0 heterocycles. The van der Waals surface area contributed by atoms with Gasteiger partial charge in [0.25, 0.3) is 11.8 Å². The van der Waals surface area contributed by atoms with E-state index in [0.29, 0.717) is 29.8 Å². The molecule has 24 heavy (non-hydrogen) atoms. The van der Waals surface area contributed by atoms with Gasteiger partial charge in [-0.2, -0.15) is 0 Å². The molecule has 0 spiro atoms. The fourth-order valence-corrected chi connectivity index (χ4v) is 2.13. The summed E-state index contributed by atoms with van der Waals surface area (Å²) in [6, 6.07) is 10.4. The van der Waals surface area contributed by atoms with Gasteiger partial charge in [0.2, 0.25) is 0 Å². The van der Waals surface area contributed by atoms with Crippen molar-refractivity contribution < 1.29 is 19.1 Å². The predicted molar refractivity (Wildman–Crippen MR) is 89.6 cm³/mol. The standard InChI is InChI=1S/C18H19FN2O3/c1-12-3-6-14(19)11-16(12)18(24)21-15-7-4-13(5-8-15)17(23)20-9-2-10-22/h3-8,11,22H,2,9-10H2,1H3,(H,20,23)(H,21,24). The zero-order valence-electron chi connectivity index (χ0n) is 13.3. The number of aliphatic hydroxyl groups is 1. The van der Waals surface area contributed by atoms with E-state index in [9.17, 15) is 14.0 Å². The van der Waals surface area contributed by atoms with Crippen molar-refractivity contribution in [2.24, 2.45) is 0 Å². The second-order valence-electron chi connectivity index (χ2n) is 5.32. The highest BCUT2D eigenvalue weighted by atomic mass is 19.1. The first-order valence-electron chi connectivity index (χ1n) is 7.58. The Balaban J connectivity index is 2.02. The summed E-state index contributed by atoms with van der Waals surface area (Å²) in [4.78, 5) is 24.0. The average molecular weight is 330 g/mol. The van der Waals surface area contributed by atoms with E-state index in [0.717, 1.165) is 0 Å². The van der Waals surface area contributed by atoms with Gasteiger partial charge in [0, 0.05) is 30.0 Å². The normalized spacial score (nSPS) is 10.3. The summed E-state index contributed by atoms with van der Waals surface area (Å²) >= 11 is 0. The van der Waals surface area contributed by atoms with Gasteiger partial charge in [0.05, 0.1) is 0 Å². The summed E-state index contributed by atoms with van der Waals surface area (Å²) in [6.45, 7) is 2.14. The van der Waals surface area contributed by atoms with E-state index in [1.807, 2.05) is 0 Å². The molecule has 0 unspecified atom stereocenters. The van der Waals surface area contributed by atoms with Crippen LogP contribution in [0.15, 0.2) is 42.5 Å². The van der Waals surface area contributed by atoms with Gasteiger partial charge >= 0.3 is 0 Å². The van der Waals surface area contributed by atoms with Crippen molar-refractivity contribution in [3.05, 3.63) is 65.0 Å². The first kappa shape index (κ1) is 17.6. The third-order valence-corrected chi connectivity index (χ3v) is 3.47. The molecule has 2 aromatic rings. The summed E-state index contributed by atoms with van der Waals surface area (Å²) in [6.07, 6.45) is 0.493. The fourth-order valence-electron chi connectivity index (χ4n) is 2.13.